The predicted molar refractivity (Wildman–Crippen MR) is 96.8 cm³/mol. The van der Waals surface area contributed by atoms with Crippen molar-refractivity contribution in [1.82, 2.24) is 9.80 Å². The van der Waals surface area contributed by atoms with Crippen LogP contribution in [0.3, 0.4) is 0 Å². The van der Waals surface area contributed by atoms with Gasteiger partial charge < -0.3 is 10.2 Å². The highest BCUT2D eigenvalue weighted by Gasteiger charge is 2.25. The van der Waals surface area contributed by atoms with E-state index in [1.807, 2.05) is 19.1 Å². The summed E-state index contributed by atoms with van der Waals surface area (Å²) in [7, 11) is 4.30. The standard InChI is InChI=1S/C19H31N3O/c1-5-16-8-10-17(11-9-16)20-19(23)15(2)22-13-6-7-18(12-14-22)21(3)4/h8-11,15,18H,5-7,12-14H2,1-4H3,(H,20,23)/t15-,18-/m1/s1. The molecule has 1 saturated heterocycles. The van der Waals surface area contributed by atoms with Gasteiger partial charge in [-0.2, -0.15) is 0 Å². The molecule has 0 aliphatic carbocycles. The Morgan fingerprint density at radius 1 is 1.26 bits per heavy atom. The topological polar surface area (TPSA) is 35.6 Å². The van der Waals surface area contributed by atoms with Crippen molar-refractivity contribution in [3.63, 3.8) is 0 Å². The van der Waals surface area contributed by atoms with Crippen LogP contribution in [0.1, 0.15) is 38.7 Å². The molecule has 0 unspecified atom stereocenters. The molecule has 0 aromatic heterocycles. The van der Waals surface area contributed by atoms with Gasteiger partial charge in [-0.25, -0.2) is 0 Å². The fraction of sp³-hybridized carbons (Fsp3) is 0.632. The molecule has 1 fully saturated rings. The van der Waals surface area contributed by atoms with E-state index in [9.17, 15) is 4.79 Å². The normalized spacial score (nSPS) is 21.0. The van der Waals surface area contributed by atoms with Gasteiger partial charge in [0.1, 0.15) is 0 Å². The molecule has 1 aliphatic heterocycles. The number of likely N-dealkylation sites (tertiary alicyclic amines) is 1. The molecular weight excluding hydrogens is 286 g/mol. The van der Waals surface area contributed by atoms with Gasteiger partial charge in [0.05, 0.1) is 6.04 Å². The van der Waals surface area contributed by atoms with Crippen LogP contribution in [0.15, 0.2) is 24.3 Å². The second-order valence-electron chi connectivity index (χ2n) is 6.80. The summed E-state index contributed by atoms with van der Waals surface area (Å²) < 4.78 is 0. The van der Waals surface area contributed by atoms with Crippen LogP contribution in [0.25, 0.3) is 0 Å². The van der Waals surface area contributed by atoms with Gasteiger partial charge >= 0.3 is 0 Å². The highest BCUT2D eigenvalue weighted by Crippen LogP contribution is 2.18. The number of aryl methyl sites for hydroxylation is 1. The van der Waals surface area contributed by atoms with Crippen LogP contribution in [0.5, 0.6) is 0 Å². The molecule has 1 aliphatic rings. The molecule has 2 rings (SSSR count). The summed E-state index contributed by atoms with van der Waals surface area (Å²) in [5.41, 5.74) is 2.18. The van der Waals surface area contributed by atoms with Crippen LogP contribution in [-0.4, -0.2) is 55.0 Å². The second kappa shape index (κ2) is 8.46. The van der Waals surface area contributed by atoms with E-state index in [4.69, 9.17) is 0 Å². The lowest BCUT2D eigenvalue weighted by Gasteiger charge is -2.27. The molecule has 0 saturated carbocycles. The van der Waals surface area contributed by atoms with E-state index >= 15 is 0 Å². The third kappa shape index (κ3) is 5.05. The lowest BCUT2D eigenvalue weighted by molar-refractivity contribution is -0.120. The molecule has 1 aromatic carbocycles. The predicted octanol–water partition coefficient (Wildman–Crippen LogP) is 2.99. The average molecular weight is 317 g/mol. The maximum Gasteiger partial charge on any atom is 0.241 e. The summed E-state index contributed by atoms with van der Waals surface area (Å²) in [6, 6.07) is 8.70. The molecule has 1 amide bonds. The zero-order valence-corrected chi connectivity index (χ0v) is 15.0. The van der Waals surface area contributed by atoms with Gasteiger partial charge in [-0.3, -0.25) is 9.69 Å². The van der Waals surface area contributed by atoms with Gasteiger partial charge in [0, 0.05) is 18.3 Å². The zero-order valence-electron chi connectivity index (χ0n) is 15.0. The molecular formula is C19H31N3O. The quantitative estimate of drug-likeness (QED) is 0.907. The largest absolute Gasteiger partial charge is 0.325 e. The molecule has 4 nitrogen and oxygen atoms in total. The van der Waals surface area contributed by atoms with Crippen molar-refractivity contribution in [2.45, 2.75) is 51.6 Å². The Morgan fingerprint density at radius 2 is 1.96 bits per heavy atom. The van der Waals surface area contributed by atoms with Crippen LogP contribution in [0.4, 0.5) is 5.69 Å². The van der Waals surface area contributed by atoms with E-state index in [0.717, 1.165) is 38.0 Å². The third-order valence-corrected chi connectivity index (χ3v) is 5.02. The summed E-state index contributed by atoms with van der Waals surface area (Å²) in [6.07, 6.45) is 4.53. The van der Waals surface area contributed by atoms with E-state index in [-0.39, 0.29) is 11.9 Å². The molecule has 2 atom stereocenters. The monoisotopic (exact) mass is 317 g/mol. The Kier molecular flexibility index (Phi) is 6.60. The number of carbonyl (C=O) groups excluding carboxylic acids is 1. The number of hydrogen-bond acceptors (Lipinski definition) is 3. The van der Waals surface area contributed by atoms with Crippen LogP contribution < -0.4 is 5.32 Å². The van der Waals surface area contributed by atoms with Crippen LogP contribution in [0.2, 0.25) is 0 Å². The highest BCUT2D eigenvalue weighted by molar-refractivity contribution is 5.94. The van der Waals surface area contributed by atoms with E-state index in [1.165, 1.54) is 12.0 Å². The fourth-order valence-corrected chi connectivity index (χ4v) is 3.24. The Labute approximate surface area is 140 Å². The van der Waals surface area contributed by atoms with Gasteiger partial charge in [0.15, 0.2) is 0 Å². The summed E-state index contributed by atoms with van der Waals surface area (Å²) in [5, 5.41) is 3.05. The van der Waals surface area contributed by atoms with Crippen molar-refractivity contribution >= 4 is 11.6 Å². The molecule has 0 bridgehead atoms. The van der Waals surface area contributed by atoms with Gasteiger partial charge in [-0.1, -0.05) is 19.1 Å². The SMILES string of the molecule is CCc1ccc(NC(=O)[C@@H](C)N2CCC[C@@H](N(C)C)CC2)cc1. The summed E-state index contributed by atoms with van der Waals surface area (Å²) in [6.45, 7) is 6.15. The molecule has 0 spiro atoms. The molecule has 4 heteroatoms. The first-order valence-corrected chi connectivity index (χ1v) is 8.81. The second-order valence-corrected chi connectivity index (χ2v) is 6.80. The van der Waals surface area contributed by atoms with Gasteiger partial charge in [0.25, 0.3) is 0 Å². The van der Waals surface area contributed by atoms with E-state index in [2.05, 4.69) is 48.3 Å². The number of anilines is 1. The van der Waals surface area contributed by atoms with Crippen LogP contribution in [0, 0.1) is 0 Å². The molecule has 1 N–H and O–H groups in total. The first kappa shape index (κ1) is 18.0. The van der Waals surface area contributed by atoms with Crippen molar-refractivity contribution in [1.29, 1.82) is 0 Å². The number of amides is 1. The van der Waals surface area contributed by atoms with E-state index in [1.54, 1.807) is 0 Å². The number of carbonyl (C=O) groups is 1. The van der Waals surface area contributed by atoms with E-state index in [0.29, 0.717) is 6.04 Å². The number of nitrogens with zero attached hydrogens (tertiary/aromatic N) is 2. The van der Waals surface area contributed by atoms with Crippen LogP contribution >= 0.6 is 0 Å². The summed E-state index contributed by atoms with van der Waals surface area (Å²) in [5.74, 6) is 0.0950. The van der Waals surface area contributed by atoms with Gasteiger partial charge in [-0.15, -0.1) is 0 Å². The fourth-order valence-electron chi connectivity index (χ4n) is 3.24. The smallest absolute Gasteiger partial charge is 0.241 e. The Morgan fingerprint density at radius 3 is 2.57 bits per heavy atom. The molecule has 23 heavy (non-hydrogen) atoms. The Hall–Kier alpha value is -1.39. The third-order valence-electron chi connectivity index (χ3n) is 5.02. The maximum atomic E-state index is 12.5. The molecule has 1 aromatic rings. The molecule has 128 valence electrons. The highest BCUT2D eigenvalue weighted by atomic mass is 16.2. The Balaban J connectivity index is 1.90. The summed E-state index contributed by atoms with van der Waals surface area (Å²) >= 11 is 0. The number of rotatable bonds is 5. The molecule has 1 heterocycles. The van der Waals surface area contributed by atoms with Crippen molar-refractivity contribution in [3.05, 3.63) is 29.8 Å². The maximum absolute atomic E-state index is 12.5. The number of hydrogen-bond donors (Lipinski definition) is 1. The average Bonchev–Trinajstić information content (AvgIpc) is 2.81. The first-order valence-electron chi connectivity index (χ1n) is 8.81. The lowest BCUT2D eigenvalue weighted by Crippen LogP contribution is -2.43. The van der Waals surface area contributed by atoms with Crippen molar-refractivity contribution in [3.8, 4) is 0 Å². The zero-order chi connectivity index (χ0) is 16.8. The minimum atomic E-state index is -0.0817. The summed E-state index contributed by atoms with van der Waals surface area (Å²) in [4.78, 5) is 17.2. The number of benzene rings is 1. The van der Waals surface area contributed by atoms with Crippen molar-refractivity contribution in [2.24, 2.45) is 0 Å². The lowest BCUT2D eigenvalue weighted by atomic mass is 10.1. The number of nitrogens with one attached hydrogen (secondary N) is 1. The van der Waals surface area contributed by atoms with Crippen LogP contribution in [-0.2, 0) is 11.2 Å². The van der Waals surface area contributed by atoms with Gasteiger partial charge in [-0.05, 0) is 70.9 Å². The van der Waals surface area contributed by atoms with Crippen molar-refractivity contribution < 1.29 is 4.79 Å². The van der Waals surface area contributed by atoms with Gasteiger partial charge in [0.2, 0.25) is 5.91 Å². The minimum absolute atomic E-state index is 0.0817. The van der Waals surface area contributed by atoms with Crippen molar-refractivity contribution in [2.75, 3.05) is 32.5 Å². The molecule has 0 radical (unpaired) electrons. The first-order chi connectivity index (χ1) is 11.0. The Bertz CT molecular complexity index is 498. The minimum Gasteiger partial charge on any atom is -0.325 e. The van der Waals surface area contributed by atoms with E-state index < -0.39 is 0 Å².